The molecule has 1 amide bonds. The Balaban J connectivity index is 1.34. The van der Waals surface area contributed by atoms with Crippen LogP contribution in [0.1, 0.15) is 23.9 Å². The largest absolute Gasteiger partial charge is 0.440 e. The molecule has 1 aliphatic rings. The van der Waals surface area contributed by atoms with Crippen LogP contribution in [0.25, 0.3) is 10.8 Å². The van der Waals surface area contributed by atoms with Crippen molar-refractivity contribution in [2.75, 3.05) is 18.0 Å². The van der Waals surface area contributed by atoms with E-state index in [2.05, 4.69) is 46.4 Å². The number of rotatable bonds is 6. The van der Waals surface area contributed by atoms with Crippen LogP contribution < -0.4 is 10.2 Å². The zero-order chi connectivity index (χ0) is 18.8. The van der Waals surface area contributed by atoms with Crippen molar-refractivity contribution in [1.82, 2.24) is 10.3 Å². The summed E-state index contributed by atoms with van der Waals surface area (Å²) < 4.78 is 5.72. The number of benzene rings is 1. The van der Waals surface area contributed by atoms with E-state index in [0.29, 0.717) is 23.9 Å². The number of carbonyl (C=O) groups excluding carboxylic acids is 1. The minimum atomic E-state index is -0.0246. The number of carbonyl (C=O) groups is 1. The molecule has 0 spiro atoms. The number of thiophene rings is 1. The van der Waals surface area contributed by atoms with Crippen molar-refractivity contribution in [1.29, 1.82) is 0 Å². The van der Waals surface area contributed by atoms with E-state index in [1.807, 2.05) is 24.4 Å². The number of para-hydroxylation sites is 1. The van der Waals surface area contributed by atoms with Gasteiger partial charge in [-0.1, -0.05) is 24.3 Å². The van der Waals surface area contributed by atoms with E-state index in [-0.39, 0.29) is 18.4 Å². The number of oxazole rings is 1. The fourth-order valence-electron chi connectivity index (χ4n) is 3.51. The average molecular weight is 382 g/mol. The van der Waals surface area contributed by atoms with E-state index in [0.717, 1.165) is 17.8 Å². The molecule has 140 valence electrons. The van der Waals surface area contributed by atoms with Crippen molar-refractivity contribution in [2.24, 2.45) is 0 Å². The molecular formula is C21H23N3O2S. The Kier molecular flexibility index (Phi) is 4.99. The maximum Gasteiger partial charge on any atom is 0.236 e. The summed E-state index contributed by atoms with van der Waals surface area (Å²) in [6.07, 6.45) is 1.31. The molecule has 2 aromatic heterocycles. The minimum Gasteiger partial charge on any atom is -0.440 e. The highest BCUT2D eigenvalue weighted by Gasteiger charge is 2.23. The van der Waals surface area contributed by atoms with Crippen LogP contribution in [-0.2, 0) is 17.6 Å². The van der Waals surface area contributed by atoms with Crippen molar-refractivity contribution in [2.45, 2.75) is 32.7 Å². The van der Waals surface area contributed by atoms with Crippen LogP contribution in [0.2, 0.25) is 0 Å². The van der Waals surface area contributed by atoms with E-state index >= 15 is 0 Å². The highest BCUT2D eigenvalue weighted by atomic mass is 32.1. The fourth-order valence-corrected chi connectivity index (χ4v) is 4.15. The number of amides is 1. The molecule has 4 rings (SSSR count). The summed E-state index contributed by atoms with van der Waals surface area (Å²) in [5.74, 6) is 1.27. The lowest BCUT2D eigenvalue weighted by Crippen LogP contribution is -2.42. The lowest BCUT2D eigenvalue weighted by molar-refractivity contribution is -0.120. The van der Waals surface area contributed by atoms with Crippen molar-refractivity contribution in [3.8, 4) is 10.8 Å². The first-order valence-corrected chi connectivity index (χ1v) is 10.1. The zero-order valence-corrected chi connectivity index (χ0v) is 16.4. The lowest BCUT2D eigenvalue weighted by atomic mass is 10.2. The monoisotopic (exact) mass is 381 g/mol. The van der Waals surface area contributed by atoms with Crippen LogP contribution in [0.3, 0.4) is 0 Å². The predicted octanol–water partition coefficient (Wildman–Crippen LogP) is 3.82. The predicted molar refractivity (Wildman–Crippen MR) is 108 cm³/mol. The van der Waals surface area contributed by atoms with Gasteiger partial charge in [0.2, 0.25) is 11.8 Å². The average Bonchev–Trinajstić information content (AvgIpc) is 3.40. The molecule has 5 nitrogen and oxygen atoms in total. The molecule has 27 heavy (non-hydrogen) atoms. The molecule has 1 atom stereocenters. The summed E-state index contributed by atoms with van der Waals surface area (Å²) in [5.41, 5.74) is 3.37. The third kappa shape index (κ3) is 3.76. The van der Waals surface area contributed by atoms with Crippen LogP contribution >= 0.6 is 11.3 Å². The molecule has 0 radical (unpaired) electrons. The van der Waals surface area contributed by atoms with E-state index in [9.17, 15) is 4.79 Å². The summed E-state index contributed by atoms with van der Waals surface area (Å²) in [4.78, 5) is 20.3. The summed E-state index contributed by atoms with van der Waals surface area (Å²) in [6.45, 7) is 5.62. The van der Waals surface area contributed by atoms with Crippen LogP contribution in [0.5, 0.6) is 0 Å². The summed E-state index contributed by atoms with van der Waals surface area (Å²) in [5, 5.41) is 5.04. The molecule has 0 bridgehead atoms. The Hall–Kier alpha value is -2.60. The molecule has 3 heterocycles. The molecule has 3 aromatic rings. The van der Waals surface area contributed by atoms with Gasteiger partial charge in [0.15, 0.2) is 0 Å². The molecule has 0 saturated carbocycles. The third-order valence-electron chi connectivity index (χ3n) is 5.00. The van der Waals surface area contributed by atoms with Gasteiger partial charge in [0, 0.05) is 24.8 Å². The number of aromatic nitrogens is 1. The second-order valence-corrected chi connectivity index (χ2v) is 7.85. The highest BCUT2D eigenvalue weighted by Crippen LogP contribution is 2.29. The standard InChI is InChI=1S/C21H23N3O2S/c1-14(24-10-9-16-6-3-4-7-18(16)24)13-22-20(25)12-17-15(2)26-21(23-17)19-8-5-11-27-19/h3-8,11,14H,9-10,12-13H2,1-2H3,(H,22,25)/t14-/m0/s1. The van der Waals surface area contributed by atoms with E-state index in [4.69, 9.17) is 4.42 Å². The molecule has 0 aliphatic carbocycles. The SMILES string of the molecule is Cc1oc(-c2cccs2)nc1CC(=O)NC[C@H](C)N1CCc2ccccc21. The van der Waals surface area contributed by atoms with Gasteiger partial charge in [-0.3, -0.25) is 4.79 Å². The minimum absolute atomic E-state index is 0.0246. The van der Waals surface area contributed by atoms with Gasteiger partial charge >= 0.3 is 0 Å². The number of anilines is 1. The topological polar surface area (TPSA) is 58.4 Å². The summed E-state index contributed by atoms with van der Waals surface area (Å²) in [7, 11) is 0. The van der Waals surface area contributed by atoms with Gasteiger partial charge in [0.1, 0.15) is 5.76 Å². The Morgan fingerprint density at radius 2 is 2.19 bits per heavy atom. The Labute approximate surface area is 163 Å². The molecule has 1 N–H and O–H groups in total. The summed E-state index contributed by atoms with van der Waals surface area (Å²) in [6, 6.07) is 12.7. The second kappa shape index (κ2) is 7.56. The van der Waals surface area contributed by atoms with Crippen LogP contribution in [0.4, 0.5) is 5.69 Å². The van der Waals surface area contributed by atoms with Crippen LogP contribution in [0, 0.1) is 6.92 Å². The number of fused-ring (bicyclic) bond motifs is 1. The Morgan fingerprint density at radius 1 is 1.33 bits per heavy atom. The number of hydrogen-bond acceptors (Lipinski definition) is 5. The maximum atomic E-state index is 12.4. The van der Waals surface area contributed by atoms with Gasteiger partial charge in [-0.25, -0.2) is 4.98 Å². The van der Waals surface area contributed by atoms with Gasteiger partial charge < -0.3 is 14.6 Å². The molecule has 1 aliphatic heterocycles. The van der Waals surface area contributed by atoms with Gasteiger partial charge in [-0.05, 0) is 43.3 Å². The second-order valence-electron chi connectivity index (χ2n) is 6.90. The molecule has 1 aromatic carbocycles. The normalized spacial score (nSPS) is 14.2. The number of nitrogens with one attached hydrogen (secondary N) is 1. The Bertz CT molecular complexity index is 933. The molecule has 0 fully saturated rings. The molecule has 0 saturated heterocycles. The van der Waals surface area contributed by atoms with Crippen molar-refractivity contribution in [3.63, 3.8) is 0 Å². The van der Waals surface area contributed by atoms with E-state index < -0.39 is 0 Å². The zero-order valence-electron chi connectivity index (χ0n) is 15.6. The van der Waals surface area contributed by atoms with E-state index in [1.165, 1.54) is 11.3 Å². The first kappa shape index (κ1) is 17.8. The third-order valence-corrected chi connectivity index (χ3v) is 5.86. The summed E-state index contributed by atoms with van der Waals surface area (Å²) >= 11 is 1.58. The van der Waals surface area contributed by atoms with Crippen molar-refractivity contribution < 1.29 is 9.21 Å². The number of aryl methyl sites for hydroxylation is 1. The van der Waals surface area contributed by atoms with Gasteiger partial charge in [0.05, 0.1) is 17.0 Å². The van der Waals surface area contributed by atoms with Crippen molar-refractivity contribution in [3.05, 3.63) is 58.8 Å². The van der Waals surface area contributed by atoms with Crippen molar-refractivity contribution >= 4 is 22.9 Å². The molecule has 6 heteroatoms. The first-order valence-electron chi connectivity index (χ1n) is 9.23. The van der Waals surface area contributed by atoms with Gasteiger partial charge in [0.25, 0.3) is 0 Å². The van der Waals surface area contributed by atoms with E-state index in [1.54, 1.807) is 11.3 Å². The smallest absolute Gasteiger partial charge is 0.236 e. The Morgan fingerprint density at radius 3 is 3.00 bits per heavy atom. The maximum absolute atomic E-state index is 12.4. The lowest BCUT2D eigenvalue weighted by Gasteiger charge is -2.27. The highest BCUT2D eigenvalue weighted by molar-refractivity contribution is 7.13. The van der Waals surface area contributed by atoms with Gasteiger partial charge in [-0.2, -0.15) is 0 Å². The first-order chi connectivity index (χ1) is 13.1. The van der Waals surface area contributed by atoms with Crippen LogP contribution in [0.15, 0.2) is 46.2 Å². The van der Waals surface area contributed by atoms with Gasteiger partial charge in [-0.15, -0.1) is 11.3 Å². The fraction of sp³-hybridized carbons (Fsp3) is 0.333. The number of hydrogen-bond donors (Lipinski definition) is 1. The molecular weight excluding hydrogens is 358 g/mol. The molecule has 0 unspecified atom stereocenters. The number of nitrogens with zero attached hydrogens (tertiary/aromatic N) is 2. The van der Waals surface area contributed by atoms with Crippen LogP contribution in [-0.4, -0.2) is 30.0 Å². The quantitative estimate of drug-likeness (QED) is 0.705.